The van der Waals surface area contributed by atoms with E-state index in [1.807, 2.05) is 25.2 Å². The molecular formula is C43H58O. The molecule has 1 aliphatic rings. The Morgan fingerprint density at radius 2 is 1.09 bits per heavy atom. The van der Waals surface area contributed by atoms with Crippen LogP contribution in [0.25, 0.3) is 0 Å². The second kappa shape index (κ2) is 21.1. The van der Waals surface area contributed by atoms with Crippen molar-refractivity contribution >= 4 is 5.78 Å². The molecule has 0 saturated carbocycles. The molecule has 0 aromatic carbocycles. The SMILES string of the molecule is CC(C)=CCCC(=O)/C=C/C(C)=C/C=C/C(C)=C/C=C/C(C)=C/C=C/C=C(C)/C=C/C=C(C)/C=C/C1=C(C)CCCC1(C)C. The lowest BCUT2D eigenvalue weighted by Gasteiger charge is -2.32. The quantitative estimate of drug-likeness (QED) is 0.105. The minimum Gasteiger partial charge on any atom is -0.295 e. The topological polar surface area (TPSA) is 17.1 Å². The van der Waals surface area contributed by atoms with E-state index in [0.29, 0.717) is 6.42 Å². The van der Waals surface area contributed by atoms with Crippen molar-refractivity contribution in [3.8, 4) is 0 Å². The molecule has 0 radical (unpaired) electrons. The minimum absolute atomic E-state index is 0.162. The summed E-state index contributed by atoms with van der Waals surface area (Å²) in [7, 11) is 0. The minimum atomic E-state index is 0.162. The first-order valence-corrected chi connectivity index (χ1v) is 16.1. The van der Waals surface area contributed by atoms with Gasteiger partial charge in [-0.3, -0.25) is 4.79 Å². The lowest BCUT2D eigenvalue weighted by molar-refractivity contribution is -0.114. The van der Waals surface area contributed by atoms with Crippen LogP contribution in [0.1, 0.15) is 101 Å². The van der Waals surface area contributed by atoms with Crippen LogP contribution in [0.4, 0.5) is 0 Å². The van der Waals surface area contributed by atoms with E-state index >= 15 is 0 Å². The molecule has 0 aliphatic heterocycles. The molecule has 0 amide bonds. The summed E-state index contributed by atoms with van der Waals surface area (Å²) in [6.45, 7) is 21.6. The molecular weight excluding hydrogens is 532 g/mol. The predicted octanol–water partition coefficient (Wildman–Crippen LogP) is 12.9. The van der Waals surface area contributed by atoms with Gasteiger partial charge in [0.1, 0.15) is 0 Å². The molecule has 236 valence electrons. The Bertz CT molecular complexity index is 1350. The molecule has 44 heavy (non-hydrogen) atoms. The fraction of sp³-hybridized carbons (Fsp3) is 0.372. The second-order valence-corrected chi connectivity index (χ2v) is 12.9. The molecule has 0 saturated heterocycles. The van der Waals surface area contributed by atoms with E-state index < -0.39 is 0 Å². The van der Waals surface area contributed by atoms with Crippen LogP contribution >= 0.6 is 0 Å². The van der Waals surface area contributed by atoms with Crippen molar-refractivity contribution in [2.24, 2.45) is 5.41 Å². The van der Waals surface area contributed by atoms with E-state index in [0.717, 1.165) is 17.6 Å². The predicted molar refractivity (Wildman–Crippen MR) is 198 cm³/mol. The van der Waals surface area contributed by atoms with Gasteiger partial charge in [0.15, 0.2) is 5.78 Å². The van der Waals surface area contributed by atoms with Crippen molar-refractivity contribution in [2.75, 3.05) is 0 Å². The second-order valence-electron chi connectivity index (χ2n) is 12.9. The molecule has 1 heteroatoms. The maximum atomic E-state index is 11.9. The fourth-order valence-corrected chi connectivity index (χ4v) is 4.78. The van der Waals surface area contributed by atoms with Gasteiger partial charge in [-0.2, -0.15) is 0 Å². The standard InChI is InChI=1S/C43H58O/c1-34(2)18-13-28-41(44)31-29-38(6)25-16-24-37(5)23-14-21-35(3)19-11-12-20-36(4)22-15-26-39(7)30-32-42-40(8)27-17-33-43(42,9)10/h11-12,14-16,18-26,29-32H,13,17,27-28,33H2,1-10H3/b12-11+,21-14+,22-15+,24-16+,31-29+,32-30+,35-19+,36-20+,37-23+,38-25+,39-26+. The Labute approximate surface area is 270 Å². The first-order chi connectivity index (χ1) is 20.8. The fourth-order valence-electron chi connectivity index (χ4n) is 4.78. The molecule has 0 N–H and O–H groups in total. The molecule has 1 aliphatic carbocycles. The van der Waals surface area contributed by atoms with Gasteiger partial charge >= 0.3 is 0 Å². The summed E-state index contributed by atoms with van der Waals surface area (Å²) >= 11 is 0. The summed E-state index contributed by atoms with van der Waals surface area (Å²) in [5.74, 6) is 0.162. The van der Waals surface area contributed by atoms with Gasteiger partial charge in [0.2, 0.25) is 0 Å². The van der Waals surface area contributed by atoms with Gasteiger partial charge < -0.3 is 0 Å². The van der Waals surface area contributed by atoms with Crippen molar-refractivity contribution in [3.05, 3.63) is 154 Å². The molecule has 0 unspecified atom stereocenters. The van der Waals surface area contributed by atoms with Crippen molar-refractivity contribution < 1.29 is 4.79 Å². The lowest BCUT2D eigenvalue weighted by Crippen LogP contribution is -2.19. The van der Waals surface area contributed by atoms with Gasteiger partial charge in [0, 0.05) is 6.42 Å². The van der Waals surface area contributed by atoms with Gasteiger partial charge in [-0.15, -0.1) is 0 Å². The third kappa shape index (κ3) is 18.1. The third-order valence-corrected chi connectivity index (χ3v) is 7.51. The Morgan fingerprint density at radius 1 is 0.636 bits per heavy atom. The molecule has 0 spiro atoms. The van der Waals surface area contributed by atoms with Crippen LogP contribution in [0.2, 0.25) is 0 Å². The normalized spacial score (nSPS) is 18.0. The summed E-state index contributed by atoms with van der Waals surface area (Å²) in [6.07, 6.45) is 42.6. The number of rotatable bonds is 15. The highest BCUT2D eigenvalue weighted by atomic mass is 16.1. The van der Waals surface area contributed by atoms with Crippen LogP contribution in [0.5, 0.6) is 0 Å². The Kier molecular flexibility index (Phi) is 18.3. The number of carbonyl (C=O) groups excluding carboxylic acids is 1. The Morgan fingerprint density at radius 3 is 1.57 bits per heavy atom. The van der Waals surface area contributed by atoms with Crippen LogP contribution in [-0.2, 0) is 4.79 Å². The highest BCUT2D eigenvalue weighted by Crippen LogP contribution is 2.40. The average molecular weight is 591 g/mol. The number of ketones is 1. The van der Waals surface area contributed by atoms with Crippen molar-refractivity contribution in [1.82, 2.24) is 0 Å². The summed E-state index contributed by atoms with van der Waals surface area (Å²) in [4.78, 5) is 11.9. The summed E-state index contributed by atoms with van der Waals surface area (Å²) in [5.41, 5.74) is 10.4. The van der Waals surface area contributed by atoms with Crippen LogP contribution in [0.3, 0.4) is 0 Å². The van der Waals surface area contributed by atoms with E-state index in [-0.39, 0.29) is 11.2 Å². The first-order valence-electron chi connectivity index (χ1n) is 16.1. The lowest BCUT2D eigenvalue weighted by atomic mass is 9.72. The van der Waals surface area contributed by atoms with E-state index in [2.05, 4.69) is 147 Å². The van der Waals surface area contributed by atoms with Crippen molar-refractivity contribution in [2.45, 2.75) is 101 Å². The number of allylic oxidation sites excluding steroid dienone is 26. The van der Waals surface area contributed by atoms with Gasteiger partial charge in [-0.05, 0) is 98.1 Å². The van der Waals surface area contributed by atoms with Crippen LogP contribution in [0.15, 0.2) is 154 Å². The monoisotopic (exact) mass is 590 g/mol. The van der Waals surface area contributed by atoms with Crippen LogP contribution < -0.4 is 0 Å². The van der Waals surface area contributed by atoms with Gasteiger partial charge in [0.25, 0.3) is 0 Å². The van der Waals surface area contributed by atoms with Gasteiger partial charge in [-0.1, -0.05) is 156 Å². The molecule has 0 bridgehead atoms. The number of hydrogen-bond donors (Lipinski definition) is 0. The van der Waals surface area contributed by atoms with Crippen LogP contribution in [-0.4, -0.2) is 5.78 Å². The molecule has 0 fully saturated rings. The first kappa shape index (κ1) is 38.3. The summed E-state index contributed by atoms with van der Waals surface area (Å²) < 4.78 is 0. The Balaban J connectivity index is 2.57. The molecule has 0 heterocycles. The van der Waals surface area contributed by atoms with Gasteiger partial charge in [0.05, 0.1) is 0 Å². The maximum absolute atomic E-state index is 11.9. The van der Waals surface area contributed by atoms with Crippen molar-refractivity contribution in [1.29, 1.82) is 0 Å². The Hall–Kier alpha value is -3.71. The average Bonchev–Trinajstić information content (AvgIpc) is 2.93. The summed E-state index contributed by atoms with van der Waals surface area (Å²) in [5, 5.41) is 0. The largest absolute Gasteiger partial charge is 0.295 e. The zero-order valence-corrected chi connectivity index (χ0v) is 29.3. The summed E-state index contributed by atoms with van der Waals surface area (Å²) in [6, 6.07) is 0. The zero-order valence-electron chi connectivity index (χ0n) is 29.3. The van der Waals surface area contributed by atoms with E-state index in [1.54, 1.807) is 6.08 Å². The van der Waals surface area contributed by atoms with Crippen molar-refractivity contribution in [3.63, 3.8) is 0 Å². The molecule has 1 rings (SSSR count). The van der Waals surface area contributed by atoms with Gasteiger partial charge in [-0.25, -0.2) is 0 Å². The number of carbonyl (C=O) groups is 1. The highest BCUT2D eigenvalue weighted by molar-refractivity contribution is 5.90. The van der Waals surface area contributed by atoms with E-state index in [1.165, 1.54) is 52.7 Å². The smallest absolute Gasteiger partial charge is 0.156 e. The third-order valence-electron chi connectivity index (χ3n) is 7.51. The van der Waals surface area contributed by atoms with E-state index in [9.17, 15) is 4.79 Å². The molecule has 0 atom stereocenters. The number of hydrogen-bond acceptors (Lipinski definition) is 1. The molecule has 0 aromatic rings. The zero-order chi connectivity index (χ0) is 33.0. The van der Waals surface area contributed by atoms with E-state index in [4.69, 9.17) is 0 Å². The maximum Gasteiger partial charge on any atom is 0.156 e. The molecule has 0 aromatic heterocycles. The molecule has 1 nitrogen and oxygen atoms in total. The van der Waals surface area contributed by atoms with Crippen LogP contribution in [0, 0.1) is 5.41 Å². The highest BCUT2D eigenvalue weighted by Gasteiger charge is 2.26.